The number of alkyl halides is 6. The summed E-state index contributed by atoms with van der Waals surface area (Å²) < 4.78 is 78.5. The lowest BCUT2D eigenvalue weighted by Gasteiger charge is -2.13. The Kier molecular flexibility index (Phi) is 5.25. The largest absolute Gasteiger partial charge is 0.454 e. The third kappa shape index (κ3) is 4.23. The first-order valence-corrected chi connectivity index (χ1v) is 7.35. The number of nitrogens with one attached hydrogen (secondary N) is 1. The first-order valence-electron chi connectivity index (χ1n) is 7.35. The maximum absolute atomic E-state index is 13.1. The third-order valence-electron chi connectivity index (χ3n) is 3.67. The van der Waals surface area contributed by atoms with E-state index in [9.17, 15) is 35.9 Å². The summed E-state index contributed by atoms with van der Waals surface area (Å²) in [4.78, 5) is 23.5. The van der Waals surface area contributed by atoms with Crippen molar-refractivity contribution in [3.63, 3.8) is 0 Å². The zero-order valence-electron chi connectivity index (χ0n) is 13.9. The van der Waals surface area contributed by atoms with Gasteiger partial charge in [-0.2, -0.15) is 26.3 Å². The fourth-order valence-corrected chi connectivity index (χ4v) is 2.25. The molecule has 1 aromatic carbocycles. The molecule has 1 N–H and O–H groups in total. The number of rotatable bonds is 4. The average Bonchev–Trinajstić information content (AvgIpc) is 2.76. The number of benzene rings is 1. The molecule has 0 spiro atoms. The Labute approximate surface area is 148 Å². The van der Waals surface area contributed by atoms with E-state index in [1.165, 1.54) is 30.8 Å². The Hall–Kier alpha value is -2.98. The normalized spacial score (nSPS) is 13.0. The molecule has 0 bridgehead atoms. The number of para-hydroxylation sites is 1. The smallest absolute Gasteiger partial charge is 0.345 e. The second-order valence-electron chi connectivity index (χ2n) is 5.48. The van der Waals surface area contributed by atoms with Crippen molar-refractivity contribution in [3.8, 4) is 5.69 Å². The Morgan fingerprint density at radius 3 is 2.07 bits per heavy atom. The lowest BCUT2D eigenvalue weighted by atomic mass is 10.2. The molecule has 0 amide bonds. The minimum atomic E-state index is -5.48. The fraction of sp³-hybridized carbons (Fsp3) is 0.250. The molecular weight excluding hydrogens is 380 g/mol. The standard InChI is InChI=1S/C16H13F6N3O2/c1-9-13(14(27)25(24(9)2)10-6-4-3-5-7-10)23-11(15(17,18)19)8-12(26)16(20,21)22/h3-8,23H,1-2H3. The quantitative estimate of drug-likeness (QED) is 0.639. The predicted molar refractivity (Wildman–Crippen MR) is 84.6 cm³/mol. The van der Waals surface area contributed by atoms with E-state index in [1.807, 2.05) is 0 Å². The molecule has 2 rings (SSSR count). The molecule has 0 aliphatic carbocycles. The van der Waals surface area contributed by atoms with Gasteiger partial charge in [-0.15, -0.1) is 0 Å². The van der Waals surface area contributed by atoms with Crippen molar-refractivity contribution >= 4 is 11.5 Å². The topological polar surface area (TPSA) is 56.0 Å². The van der Waals surface area contributed by atoms with Crippen LogP contribution < -0.4 is 10.9 Å². The van der Waals surface area contributed by atoms with Gasteiger partial charge in [-0.1, -0.05) is 18.2 Å². The summed E-state index contributed by atoms with van der Waals surface area (Å²) in [6.45, 7) is 1.31. The summed E-state index contributed by atoms with van der Waals surface area (Å²) in [7, 11) is 1.40. The van der Waals surface area contributed by atoms with Crippen molar-refractivity contribution < 1.29 is 31.1 Å². The summed E-state index contributed by atoms with van der Waals surface area (Å²) in [6, 6.07) is 7.91. The zero-order chi connectivity index (χ0) is 20.6. The van der Waals surface area contributed by atoms with E-state index in [0.29, 0.717) is 5.69 Å². The Morgan fingerprint density at radius 1 is 1.04 bits per heavy atom. The van der Waals surface area contributed by atoms with Gasteiger partial charge in [0.05, 0.1) is 11.4 Å². The molecule has 1 aromatic heterocycles. The average molecular weight is 393 g/mol. The number of nitrogens with zero attached hydrogens (tertiary/aromatic N) is 2. The maximum Gasteiger partial charge on any atom is 0.454 e. The second kappa shape index (κ2) is 6.97. The van der Waals surface area contributed by atoms with Gasteiger partial charge in [-0.25, -0.2) is 4.68 Å². The van der Waals surface area contributed by atoms with E-state index in [0.717, 1.165) is 4.68 Å². The minimum Gasteiger partial charge on any atom is -0.345 e. The van der Waals surface area contributed by atoms with Gasteiger partial charge in [-0.3, -0.25) is 14.3 Å². The van der Waals surface area contributed by atoms with Crippen LogP contribution in [0.25, 0.3) is 5.69 Å². The van der Waals surface area contributed by atoms with Gasteiger partial charge in [-0.05, 0) is 19.1 Å². The zero-order valence-corrected chi connectivity index (χ0v) is 13.9. The van der Waals surface area contributed by atoms with Gasteiger partial charge < -0.3 is 5.32 Å². The third-order valence-corrected chi connectivity index (χ3v) is 3.67. The van der Waals surface area contributed by atoms with E-state index in [-0.39, 0.29) is 5.69 Å². The van der Waals surface area contributed by atoms with Crippen molar-refractivity contribution in [2.24, 2.45) is 7.05 Å². The molecule has 0 aliphatic heterocycles. The van der Waals surface area contributed by atoms with Crippen LogP contribution in [0.5, 0.6) is 0 Å². The number of halogens is 6. The first kappa shape index (κ1) is 20.3. The van der Waals surface area contributed by atoms with Crippen LogP contribution in [0.3, 0.4) is 0 Å². The lowest BCUT2D eigenvalue weighted by molar-refractivity contribution is -0.165. The van der Waals surface area contributed by atoms with Gasteiger partial charge in [0.1, 0.15) is 11.4 Å². The Bertz CT molecular complexity index is 936. The van der Waals surface area contributed by atoms with E-state index < -0.39 is 41.2 Å². The van der Waals surface area contributed by atoms with Gasteiger partial charge in [0, 0.05) is 13.1 Å². The SMILES string of the molecule is Cc1c(NC(=CC(=O)C(F)(F)F)C(F)(F)F)c(=O)n(-c2ccccc2)n1C. The summed E-state index contributed by atoms with van der Waals surface area (Å²) in [5.41, 5.74) is -3.14. The predicted octanol–water partition coefficient (Wildman–Crippen LogP) is 3.47. The number of ketones is 1. The minimum absolute atomic E-state index is 0.0264. The fourth-order valence-electron chi connectivity index (χ4n) is 2.25. The Balaban J connectivity index is 2.56. The van der Waals surface area contributed by atoms with Gasteiger partial charge in [0.15, 0.2) is 0 Å². The molecule has 0 aliphatic rings. The molecule has 11 heteroatoms. The van der Waals surface area contributed by atoms with E-state index in [2.05, 4.69) is 0 Å². The molecular formula is C16H13F6N3O2. The lowest BCUT2D eigenvalue weighted by Crippen LogP contribution is -2.28. The van der Waals surface area contributed by atoms with Crippen molar-refractivity contribution in [3.05, 3.63) is 58.2 Å². The Morgan fingerprint density at radius 2 is 1.59 bits per heavy atom. The second-order valence-corrected chi connectivity index (χ2v) is 5.48. The number of carbonyl (C=O) groups is 1. The highest BCUT2D eigenvalue weighted by Gasteiger charge is 2.42. The maximum atomic E-state index is 13.1. The van der Waals surface area contributed by atoms with Crippen molar-refractivity contribution in [1.29, 1.82) is 0 Å². The highest BCUT2D eigenvalue weighted by molar-refractivity contribution is 5.95. The van der Waals surface area contributed by atoms with Gasteiger partial charge in [0.25, 0.3) is 11.3 Å². The molecule has 5 nitrogen and oxygen atoms in total. The molecule has 146 valence electrons. The van der Waals surface area contributed by atoms with Crippen molar-refractivity contribution in [1.82, 2.24) is 9.36 Å². The molecule has 2 aromatic rings. The monoisotopic (exact) mass is 393 g/mol. The van der Waals surface area contributed by atoms with Crippen molar-refractivity contribution in [2.45, 2.75) is 19.3 Å². The van der Waals surface area contributed by atoms with Crippen LogP contribution in [0.15, 0.2) is 46.9 Å². The van der Waals surface area contributed by atoms with Crippen LogP contribution >= 0.6 is 0 Å². The molecule has 0 radical (unpaired) electrons. The van der Waals surface area contributed by atoms with Gasteiger partial charge in [0.2, 0.25) is 0 Å². The molecule has 0 atom stereocenters. The van der Waals surface area contributed by atoms with E-state index in [4.69, 9.17) is 0 Å². The molecule has 27 heavy (non-hydrogen) atoms. The highest BCUT2D eigenvalue weighted by atomic mass is 19.4. The summed E-state index contributed by atoms with van der Waals surface area (Å²) in [5, 5.41) is 1.65. The molecule has 0 fully saturated rings. The number of hydrogen-bond acceptors (Lipinski definition) is 3. The number of anilines is 1. The van der Waals surface area contributed by atoms with Crippen LogP contribution in [-0.4, -0.2) is 27.5 Å². The molecule has 0 saturated heterocycles. The first-order chi connectivity index (χ1) is 12.3. The number of aromatic nitrogens is 2. The van der Waals surface area contributed by atoms with Crippen LogP contribution in [0, 0.1) is 6.92 Å². The molecule has 1 heterocycles. The van der Waals surface area contributed by atoms with Gasteiger partial charge >= 0.3 is 12.4 Å². The highest BCUT2D eigenvalue weighted by Crippen LogP contribution is 2.29. The summed E-state index contributed by atoms with van der Waals surface area (Å²) >= 11 is 0. The summed E-state index contributed by atoms with van der Waals surface area (Å²) in [6.07, 6.45) is -11.4. The van der Waals surface area contributed by atoms with Crippen molar-refractivity contribution in [2.75, 3.05) is 5.32 Å². The molecule has 0 unspecified atom stereocenters. The number of allylic oxidation sites excluding steroid dienone is 2. The van der Waals surface area contributed by atoms with Crippen LogP contribution in [0.4, 0.5) is 32.0 Å². The van der Waals surface area contributed by atoms with Crippen LogP contribution in [-0.2, 0) is 11.8 Å². The molecule has 0 saturated carbocycles. The van der Waals surface area contributed by atoms with Crippen LogP contribution in [0.2, 0.25) is 0 Å². The van der Waals surface area contributed by atoms with E-state index in [1.54, 1.807) is 23.5 Å². The van der Waals surface area contributed by atoms with E-state index >= 15 is 0 Å². The number of carbonyl (C=O) groups excluding carboxylic acids is 1. The summed E-state index contributed by atoms with van der Waals surface area (Å²) in [5.74, 6) is -2.70. The number of hydrogen-bond donors (Lipinski definition) is 1. The van der Waals surface area contributed by atoms with Crippen LogP contribution in [0.1, 0.15) is 5.69 Å².